The van der Waals surface area contributed by atoms with E-state index in [4.69, 9.17) is 11.6 Å². The number of rotatable bonds is 4. The predicted octanol–water partition coefficient (Wildman–Crippen LogP) is 5.54. The number of ketones is 2. The molecule has 0 amide bonds. The van der Waals surface area contributed by atoms with Crippen LogP contribution in [0.1, 0.15) is 43.0 Å². The van der Waals surface area contributed by atoms with Crippen LogP contribution in [-0.4, -0.2) is 28.7 Å². The van der Waals surface area contributed by atoms with Gasteiger partial charge in [-0.25, -0.2) is 8.42 Å². The SMILES string of the molecule is O=C1c2ccccc2C(=O)c2c1cc(S(=O)(=O)c1ccccc1Cc1ccccc1Cl)c1nsnc21. The standard InChI is InChI=1S/C27H15ClN2O4S2/c28-20-11-5-1-7-15(20)13-16-8-2-6-12-21(16)36(33,34)22-14-19-23(25-24(22)29-35-30-25)27(32)18-10-4-3-9-17(18)26(19)31/h1-12,14H,13H2. The maximum absolute atomic E-state index is 14.1. The van der Waals surface area contributed by atoms with Crippen molar-refractivity contribution in [2.75, 3.05) is 0 Å². The number of hydrogen-bond donors (Lipinski definition) is 0. The van der Waals surface area contributed by atoms with Gasteiger partial charge in [-0.1, -0.05) is 72.3 Å². The van der Waals surface area contributed by atoms with Crippen molar-refractivity contribution in [3.8, 4) is 0 Å². The zero-order chi connectivity index (χ0) is 25.0. The van der Waals surface area contributed by atoms with Crippen molar-refractivity contribution in [3.63, 3.8) is 0 Å². The Balaban J connectivity index is 1.56. The van der Waals surface area contributed by atoms with Gasteiger partial charge >= 0.3 is 0 Å². The number of benzene rings is 4. The lowest BCUT2D eigenvalue weighted by atomic mass is 9.83. The zero-order valence-corrected chi connectivity index (χ0v) is 20.8. The van der Waals surface area contributed by atoms with E-state index in [1.807, 2.05) is 18.2 Å². The number of nitrogens with zero attached hydrogens (tertiary/aromatic N) is 2. The fourth-order valence-corrected chi connectivity index (χ4v) is 7.04. The Labute approximate surface area is 215 Å². The summed E-state index contributed by atoms with van der Waals surface area (Å²) in [6.07, 6.45) is 0.295. The molecule has 0 saturated carbocycles. The smallest absolute Gasteiger partial charge is 0.209 e. The van der Waals surface area contributed by atoms with Crippen LogP contribution in [-0.2, 0) is 16.3 Å². The van der Waals surface area contributed by atoms with E-state index in [1.54, 1.807) is 48.5 Å². The zero-order valence-electron chi connectivity index (χ0n) is 18.4. The molecule has 36 heavy (non-hydrogen) atoms. The van der Waals surface area contributed by atoms with Gasteiger partial charge in [0, 0.05) is 28.1 Å². The second-order valence-electron chi connectivity index (χ2n) is 8.34. The molecule has 0 fully saturated rings. The molecule has 0 unspecified atom stereocenters. The van der Waals surface area contributed by atoms with E-state index < -0.39 is 15.6 Å². The molecule has 0 N–H and O–H groups in total. The summed E-state index contributed by atoms with van der Waals surface area (Å²) in [5, 5.41) is 0.535. The molecule has 0 spiro atoms. The van der Waals surface area contributed by atoms with E-state index >= 15 is 0 Å². The van der Waals surface area contributed by atoms with E-state index in [9.17, 15) is 18.0 Å². The van der Waals surface area contributed by atoms with Gasteiger partial charge in [0.25, 0.3) is 0 Å². The summed E-state index contributed by atoms with van der Waals surface area (Å²) in [6, 6.07) is 21.7. The van der Waals surface area contributed by atoms with E-state index in [-0.39, 0.29) is 48.9 Å². The molecule has 0 atom stereocenters. The molecule has 6 rings (SSSR count). The number of fused-ring (bicyclic) bond motifs is 4. The Kier molecular flexibility index (Phi) is 5.33. The number of sulfone groups is 1. The van der Waals surface area contributed by atoms with Gasteiger partial charge in [-0.15, -0.1) is 0 Å². The van der Waals surface area contributed by atoms with E-state index in [0.717, 1.165) is 17.3 Å². The van der Waals surface area contributed by atoms with Crippen molar-refractivity contribution in [1.29, 1.82) is 0 Å². The van der Waals surface area contributed by atoms with Crippen molar-refractivity contribution in [2.24, 2.45) is 0 Å². The van der Waals surface area contributed by atoms with Crippen LogP contribution in [0.25, 0.3) is 11.0 Å². The molecule has 6 nitrogen and oxygen atoms in total. The third-order valence-corrected chi connectivity index (χ3v) is 9.05. The first-order valence-electron chi connectivity index (χ1n) is 10.9. The fourth-order valence-electron chi connectivity index (χ4n) is 4.56. The van der Waals surface area contributed by atoms with Crippen molar-refractivity contribution >= 4 is 55.8 Å². The molecular weight excluding hydrogens is 516 g/mol. The normalized spacial score (nSPS) is 13.0. The highest BCUT2D eigenvalue weighted by Gasteiger charge is 2.36. The Hall–Kier alpha value is -3.72. The van der Waals surface area contributed by atoms with Gasteiger partial charge in [0.1, 0.15) is 15.9 Å². The third-order valence-electron chi connectivity index (χ3n) is 6.28. The molecule has 176 valence electrons. The molecule has 0 radical (unpaired) electrons. The Morgan fingerprint density at radius 2 is 1.31 bits per heavy atom. The van der Waals surface area contributed by atoms with Crippen LogP contribution in [0.15, 0.2) is 88.7 Å². The highest BCUT2D eigenvalue weighted by molar-refractivity contribution is 7.91. The first-order chi connectivity index (χ1) is 17.4. The summed E-state index contributed by atoms with van der Waals surface area (Å²) in [5.41, 5.74) is 2.13. The summed E-state index contributed by atoms with van der Waals surface area (Å²) in [6.45, 7) is 0. The monoisotopic (exact) mass is 530 g/mol. The summed E-state index contributed by atoms with van der Waals surface area (Å²) in [7, 11) is -4.15. The van der Waals surface area contributed by atoms with E-state index in [1.165, 1.54) is 12.1 Å². The van der Waals surface area contributed by atoms with E-state index in [2.05, 4.69) is 8.75 Å². The summed E-state index contributed by atoms with van der Waals surface area (Å²) in [5.74, 6) is -0.795. The number of hydrogen-bond acceptors (Lipinski definition) is 7. The second kappa shape index (κ2) is 8.44. The Bertz CT molecular complexity index is 1840. The topological polar surface area (TPSA) is 94.1 Å². The first kappa shape index (κ1) is 22.7. The lowest BCUT2D eigenvalue weighted by molar-refractivity contribution is 0.0980. The Morgan fingerprint density at radius 3 is 2.06 bits per heavy atom. The lowest BCUT2D eigenvalue weighted by Crippen LogP contribution is -2.22. The minimum atomic E-state index is -4.15. The lowest BCUT2D eigenvalue weighted by Gasteiger charge is -2.19. The Morgan fingerprint density at radius 1 is 0.694 bits per heavy atom. The molecule has 1 aliphatic carbocycles. The molecule has 0 bridgehead atoms. The van der Waals surface area contributed by atoms with E-state index in [0.29, 0.717) is 17.0 Å². The van der Waals surface area contributed by atoms with Crippen molar-refractivity contribution in [1.82, 2.24) is 8.75 Å². The third kappa shape index (κ3) is 3.41. The van der Waals surface area contributed by atoms with Crippen LogP contribution in [0.3, 0.4) is 0 Å². The molecule has 0 saturated heterocycles. The van der Waals surface area contributed by atoms with Crippen LogP contribution in [0.2, 0.25) is 5.02 Å². The minimum Gasteiger partial charge on any atom is -0.289 e. The maximum Gasteiger partial charge on any atom is 0.209 e. The molecule has 1 heterocycles. The fraction of sp³-hybridized carbons (Fsp3) is 0.0370. The number of carbonyl (C=O) groups excluding carboxylic acids is 2. The average Bonchev–Trinajstić information content (AvgIpc) is 3.38. The first-order valence-corrected chi connectivity index (χ1v) is 13.5. The summed E-state index contributed by atoms with van der Waals surface area (Å²) in [4.78, 5) is 26.6. The second-order valence-corrected chi connectivity index (χ2v) is 11.2. The van der Waals surface area contributed by atoms with Gasteiger partial charge in [-0.3, -0.25) is 9.59 Å². The molecule has 9 heteroatoms. The van der Waals surface area contributed by atoms with Gasteiger partial charge in [0.15, 0.2) is 11.6 Å². The van der Waals surface area contributed by atoms with Gasteiger partial charge in [0.05, 0.1) is 22.2 Å². The molecule has 1 aromatic heterocycles. The van der Waals surface area contributed by atoms with Gasteiger partial charge in [-0.05, 0) is 29.3 Å². The average molecular weight is 531 g/mol. The highest BCUT2D eigenvalue weighted by Crippen LogP contribution is 2.38. The van der Waals surface area contributed by atoms with Crippen LogP contribution in [0.4, 0.5) is 0 Å². The molecular formula is C27H15ClN2O4S2. The van der Waals surface area contributed by atoms with Crippen LogP contribution < -0.4 is 0 Å². The summed E-state index contributed by atoms with van der Waals surface area (Å²) < 4.78 is 36.6. The predicted molar refractivity (Wildman–Crippen MR) is 137 cm³/mol. The molecule has 4 aromatic carbocycles. The van der Waals surface area contributed by atoms with Crippen LogP contribution in [0, 0.1) is 0 Å². The quantitative estimate of drug-likeness (QED) is 0.297. The van der Waals surface area contributed by atoms with Gasteiger partial charge < -0.3 is 0 Å². The maximum atomic E-state index is 14.1. The summed E-state index contributed by atoms with van der Waals surface area (Å²) >= 11 is 7.13. The highest BCUT2D eigenvalue weighted by atomic mass is 35.5. The van der Waals surface area contributed by atoms with Crippen molar-refractivity contribution in [2.45, 2.75) is 16.2 Å². The number of carbonyl (C=O) groups is 2. The number of aromatic nitrogens is 2. The van der Waals surface area contributed by atoms with Crippen LogP contribution >= 0.6 is 23.3 Å². The van der Waals surface area contributed by atoms with Crippen LogP contribution in [0.5, 0.6) is 0 Å². The van der Waals surface area contributed by atoms with Crippen molar-refractivity contribution in [3.05, 3.63) is 117 Å². The van der Waals surface area contributed by atoms with Crippen molar-refractivity contribution < 1.29 is 18.0 Å². The van der Waals surface area contributed by atoms with Gasteiger partial charge in [0.2, 0.25) is 9.84 Å². The largest absolute Gasteiger partial charge is 0.289 e. The molecule has 1 aliphatic rings. The molecule has 5 aromatic rings. The number of halogens is 1. The molecule has 0 aliphatic heterocycles. The minimum absolute atomic E-state index is 0.0149. The van der Waals surface area contributed by atoms with Gasteiger partial charge in [-0.2, -0.15) is 8.75 Å².